The van der Waals surface area contributed by atoms with Gasteiger partial charge in [-0.1, -0.05) is 12.1 Å². The fourth-order valence-electron chi connectivity index (χ4n) is 1.35. The molecule has 0 atom stereocenters. The van der Waals surface area contributed by atoms with Gasteiger partial charge in [-0.25, -0.2) is 4.98 Å². The van der Waals surface area contributed by atoms with Crippen molar-refractivity contribution < 1.29 is 9.18 Å². The number of carbonyl (C=O) groups excluding carboxylic acids is 1. The molecular weight excluding hydrogens is 221 g/mol. The van der Waals surface area contributed by atoms with Crippen molar-refractivity contribution in [2.45, 2.75) is 6.42 Å². The van der Waals surface area contributed by atoms with E-state index in [4.69, 9.17) is 0 Å². The minimum Gasteiger partial charge on any atom is -0.310 e. The number of pyridine rings is 2. The van der Waals surface area contributed by atoms with Crippen LogP contribution in [0.2, 0.25) is 0 Å². The standard InChI is InChI=1S/C12H10FN3O/c13-10-4-1-5-11(15-10)16-12(17)7-9-3-2-6-14-8-9/h1-6,8H,7H2,(H,15,16,17). The van der Waals surface area contributed by atoms with Crippen LogP contribution in [0.1, 0.15) is 5.56 Å². The highest BCUT2D eigenvalue weighted by atomic mass is 19.1. The van der Waals surface area contributed by atoms with Gasteiger partial charge in [-0.2, -0.15) is 4.39 Å². The zero-order valence-electron chi connectivity index (χ0n) is 8.93. The van der Waals surface area contributed by atoms with E-state index < -0.39 is 5.95 Å². The van der Waals surface area contributed by atoms with Crippen molar-refractivity contribution in [2.75, 3.05) is 5.32 Å². The average Bonchev–Trinajstić information content (AvgIpc) is 2.30. The Bertz CT molecular complexity index is 516. The molecule has 0 aliphatic heterocycles. The first kappa shape index (κ1) is 11.2. The van der Waals surface area contributed by atoms with Crippen molar-refractivity contribution in [2.24, 2.45) is 0 Å². The summed E-state index contributed by atoms with van der Waals surface area (Å²) < 4.78 is 12.8. The molecule has 0 aliphatic carbocycles. The van der Waals surface area contributed by atoms with Gasteiger partial charge >= 0.3 is 0 Å². The molecule has 4 nitrogen and oxygen atoms in total. The second kappa shape index (κ2) is 5.16. The maximum Gasteiger partial charge on any atom is 0.230 e. The Morgan fingerprint density at radius 1 is 1.29 bits per heavy atom. The lowest BCUT2D eigenvalue weighted by Crippen LogP contribution is -2.15. The number of amides is 1. The van der Waals surface area contributed by atoms with Gasteiger partial charge < -0.3 is 5.32 Å². The van der Waals surface area contributed by atoms with Crippen LogP contribution >= 0.6 is 0 Å². The second-order valence-corrected chi connectivity index (χ2v) is 3.43. The third-order valence-corrected chi connectivity index (χ3v) is 2.07. The number of halogens is 1. The van der Waals surface area contributed by atoms with Crippen molar-refractivity contribution in [1.82, 2.24) is 9.97 Å². The van der Waals surface area contributed by atoms with Gasteiger partial charge in [0.15, 0.2) is 0 Å². The number of nitrogens with one attached hydrogen (secondary N) is 1. The van der Waals surface area contributed by atoms with E-state index >= 15 is 0 Å². The minimum atomic E-state index is -0.621. The maximum absolute atomic E-state index is 12.8. The van der Waals surface area contributed by atoms with Gasteiger partial charge in [0.25, 0.3) is 0 Å². The molecule has 2 rings (SSSR count). The molecule has 2 heterocycles. The quantitative estimate of drug-likeness (QED) is 0.819. The van der Waals surface area contributed by atoms with Crippen molar-refractivity contribution in [1.29, 1.82) is 0 Å². The third-order valence-electron chi connectivity index (χ3n) is 2.07. The molecule has 5 heteroatoms. The lowest BCUT2D eigenvalue weighted by Gasteiger charge is -2.03. The lowest BCUT2D eigenvalue weighted by molar-refractivity contribution is -0.115. The Morgan fingerprint density at radius 2 is 2.18 bits per heavy atom. The predicted molar refractivity (Wildman–Crippen MR) is 60.8 cm³/mol. The van der Waals surface area contributed by atoms with E-state index in [-0.39, 0.29) is 18.1 Å². The Hall–Kier alpha value is -2.30. The summed E-state index contributed by atoms with van der Waals surface area (Å²) >= 11 is 0. The summed E-state index contributed by atoms with van der Waals surface area (Å²) in [6.07, 6.45) is 3.43. The smallest absolute Gasteiger partial charge is 0.230 e. The second-order valence-electron chi connectivity index (χ2n) is 3.43. The monoisotopic (exact) mass is 231 g/mol. The summed E-state index contributed by atoms with van der Waals surface area (Å²) in [6.45, 7) is 0. The van der Waals surface area contributed by atoms with Crippen LogP contribution in [-0.4, -0.2) is 15.9 Å². The molecule has 2 aromatic heterocycles. The molecule has 0 saturated heterocycles. The molecule has 0 saturated carbocycles. The lowest BCUT2D eigenvalue weighted by atomic mass is 10.2. The van der Waals surface area contributed by atoms with E-state index in [2.05, 4.69) is 15.3 Å². The first-order valence-corrected chi connectivity index (χ1v) is 5.05. The summed E-state index contributed by atoms with van der Waals surface area (Å²) in [5.74, 6) is -0.667. The van der Waals surface area contributed by atoms with Crippen LogP contribution in [0.25, 0.3) is 0 Å². The van der Waals surface area contributed by atoms with E-state index in [0.29, 0.717) is 0 Å². The van der Waals surface area contributed by atoms with Gasteiger partial charge in [0.1, 0.15) is 5.82 Å². The highest BCUT2D eigenvalue weighted by molar-refractivity contribution is 5.91. The molecule has 0 spiro atoms. The summed E-state index contributed by atoms with van der Waals surface area (Å²) in [7, 11) is 0. The summed E-state index contributed by atoms with van der Waals surface area (Å²) in [5, 5.41) is 2.51. The molecule has 0 aromatic carbocycles. The fraction of sp³-hybridized carbons (Fsp3) is 0.0833. The van der Waals surface area contributed by atoms with Crippen LogP contribution in [0, 0.1) is 5.95 Å². The molecule has 0 unspecified atom stereocenters. The molecule has 17 heavy (non-hydrogen) atoms. The average molecular weight is 231 g/mol. The van der Waals surface area contributed by atoms with Crippen LogP contribution in [-0.2, 0) is 11.2 Å². The number of carbonyl (C=O) groups is 1. The molecule has 0 fully saturated rings. The maximum atomic E-state index is 12.8. The van der Waals surface area contributed by atoms with Gasteiger partial charge in [0, 0.05) is 12.4 Å². The van der Waals surface area contributed by atoms with E-state index in [1.54, 1.807) is 24.5 Å². The topological polar surface area (TPSA) is 54.9 Å². The number of aromatic nitrogens is 2. The van der Waals surface area contributed by atoms with Crippen LogP contribution in [0.15, 0.2) is 42.7 Å². The molecule has 0 aliphatic rings. The molecule has 86 valence electrons. The van der Waals surface area contributed by atoms with Crippen molar-refractivity contribution in [3.05, 3.63) is 54.2 Å². The highest BCUT2D eigenvalue weighted by Crippen LogP contribution is 2.05. The summed E-state index contributed by atoms with van der Waals surface area (Å²) in [4.78, 5) is 19.0. The first-order chi connectivity index (χ1) is 8.24. The van der Waals surface area contributed by atoms with Gasteiger partial charge in [-0.05, 0) is 23.8 Å². The Balaban J connectivity index is 1.98. The van der Waals surface area contributed by atoms with Gasteiger partial charge in [0.05, 0.1) is 6.42 Å². The van der Waals surface area contributed by atoms with Crippen LogP contribution in [0.4, 0.5) is 10.2 Å². The molecule has 0 radical (unpaired) electrons. The SMILES string of the molecule is O=C(Cc1cccnc1)Nc1cccc(F)n1. The van der Waals surface area contributed by atoms with Crippen molar-refractivity contribution in [3.8, 4) is 0 Å². The first-order valence-electron chi connectivity index (χ1n) is 5.05. The zero-order valence-corrected chi connectivity index (χ0v) is 8.93. The minimum absolute atomic E-state index is 0.187. The highest BCUT2D eigenvalue weighted by Gasteiger charge is 2.05. The van der Waals surface area contributed by atoms with Crippen molar-refractivity contribution >= 4 is 11.7 Å². The van der Waals surface area contributed by atoms with E-state index in [1.807, 2.05) is 0 Å². The predicted octanol–water partition coefficient (Wildman–Crippen LogP) is 1.80. The van der Waals surface area contributed by atoms with E-state index in [1.165, 1.54) is 18.2 Å². The molecule has 1 amide bonds. The normalized spacial score (nSPS) is 9.94. The molecule has 1 N–H and O–H groups in total. The third kappa shape index (κ3) is 3.34. The zero-order chi connectivity index (χ0) is 12.1. The molecular formula is C12H10FN3O. The number of hydrogen-bond acceptors (Lipinski definition) is 3. The number of rotatable bonds is 3. The van der Waals surface area contributed by atoms with E-state index in [0.717, 1.165) is 5.56 Å². The van der Waals surface area contributed by atoms with Crippen LogP contribution in [0.5, 0.6) is 0 Å². The van der Waals surface area contributed by atoms with Gasteiger partial charge in [-0.3, -0.25) is 9.78 Å². The largest absolute Gasteiger partial charge is 0.310 e. The van der Waals surface area contributed by atoms with Gasteiger partial charge in [-0.15, -0.1) is 0 Å². The number of hydrogen-bond donors (Lipinski definition) is 1. The van der Waals surface area contributed by atoms with Crippen molar-refractivity contribution in [3.63, 3.8) is 0 Å². The van der Waals surface area contributed by atoms with E-state index in [9.17, 15) is 9.18 Å². The fourth-order valence-corrected chi connectivity index (χ4v) is 1.35. The number of anilines is 1. The summed E-state index contributed by atoms with van der Waals surface area (Å²) in [5.41, 5.74) is 0.793. The van der Waals surface area contributed by atoms with Crippen LogP contribution < -0.4 is 5.32 Å². The Kier molecular flexibility index (Phi) is 3.40. The number of nitrogens with zero attached hydrogens (tertiary/aromatic N) is 2. The Labute approximate surface area is 97.5 Å². The molecule has 2 aromatic rings. The molecule has 0 bridgehead atoms. The Morgan fingerprint density at radius 3 is 2.88 bits per heavy atom. The van der Waals surface area contributed by atoms with Gasteiger partial charge in [0.2, 0.25) is 11.9 Å². The summed E-state index contributed by atoms with van der Waals surface area (Å²) in [6, 6.07) is 7.79. The van der Waals surface area contributed by atoms with Crippen LogP contribution in [0.3, 0.4) is 0 Å².